The summed E-state index contributed by atoms with van der Waals surface area (Å²) < 4.78 is 17.1. The summed E-state index contributed by atoms with van der Waals surface area (Å²) >= 11 is 0. The first-order valence-corrected chi connectivity index (χ1v) is 11.7. The summed E-state index contributed by atoms with van der Waals surface area (Å²) in [5.41, 5.74) is 4.37. The first kappa shape index (κ1) is 23.1. The Morgan fingerprint density at radius 3 is 2.67 bits per heavy atom. The molecular weight excluding hydrogens is 414 g/mol. The lowest BCUT2D eigenvalue weighted by molar-refractivity contribution is -0.146. The van der Waals surface area contributed by atoms with Gasteiger partial charge in [0.2, 0.25) is 5.89 Å². The van der Waals surface area contributed by atoms with E-state index in [1.54, 1.807) is 0 Å². The van der Waals surface area contributed by atoms with Gasteiger partial charge in [0.15, 0.2) is 0 Å². The molecule has 0 N–H and O–H groups in total. The minimum atomic E-state index is -0.121. The first-order chi connectivity index (χ1) is 15.8. The van der Waals surface area contributed by atoms with Crippen LogP contribution in [-0.2, 0) is 21.4 Å². The summed E-state index contributed by atoms with van der Waals surface area (Å²) in [5, 5.41) is 0. The zero-order chi connectivity index (χ0) is 23.6. The van der Waals surface area contributed by atoms with Crippen molar-refractivity contribution in [3.05, 3.63) is 71.1 Å². The molecule has 5 heteroatoms. The predicted octanol–water partition coefficient (Wildman–Crippen LogP) is 6.24. The highest BCUT2D eigenvalue weighted by molar-refractivity contribution is 5.74. The van der Waals surface area contributed by atoms with Gasteiger partial charge in [-0.25, -0.2) is 4.98 Å². The van der Waals surface area contributed by atoms with E-state index in [0.717, 1.165) is 35.6 Å². The Hall–Kier alpha value is -3.08. The lowest BCUT2D eigenvalue weighted by Gasteiger charge is -2.23. The Kier molecular flexibility index (Phi) is 6.59. The molecule has 1 aliphatic rings. The number of oxazole rings is 1. The van der Waals surface area contributed by atoms with Gasteiger partial charge in [0.1, 0.15) is 11.5 Å². The maximum absolute atomic E-state index is 12.4. The number of carbonyl (C=O) groups is 1. The molecular formula is C28H33NO4. The third-order valence-electron chi connectivity index (χ3n) is 6.83. The van der Waals surface area contributed by atoms with E-state index in [0.29, 0.717) is 18.9 Å². The number of carbonyl (C=O) groups excluding carboxylic acids is 1. The number of nitrogens with zero attached hydrogens (tertiary/aromatic N) is 1. The lowest BCUT2D eigenvalue weighted by Crippen LogP contribution is -2.23. The van der Waals surface area contributed by atoms with Crippen LogP contribution in [0.4, 0.5) is 0 Å². The number of hydrogen-bond acceptors (Lipinski definition) is 5. The monoisotopic (exact) mass is 447 g/mol. The highest BCUT2D eigenvalue weighted by Crippen LogP contribution is 2.50. The predicted molar refractivity (Wildman–Crippen MR) is 128 cm³/mol. The van der Waals surface area contributed by atoms with Crippen molar-refractivity contribution < 1.29 is 18.7 Å². The molecule has 3 aromatic rings. The van der Waals surface area contributed by atoms with E-state index in [1.807, 2.05) is 43.3 Å². The fourth-order valence-electron chi connectivity index (χ4n) is 5.06. The summed E-state index contributed by atoms with van der Waals surface area (Å²) in [6.45, 7) is 8.99. The van der Waals surface area contributed by atoms with Crippen molar-refractivity contribution in [2.75, 3.05) is 13.7 Å². The van der Waals surface area contributed by atoms with Crippen LogP contribution >= 0.6 is 0 Å². The van der Waals surface area contributed by atoms with Crippen molar-refractivity contribution in [3.63, 3.8) is 0 Å². The molecule has 1 aliphatic carbocycles. The van der Waals surface area contributed by atoms with Crippen LogP contribution in [0.5, 0.6) is 5.75 Å². The van der Waals surface area contributed by atoms with Gasteiger partial charge in [0.05, 0.1) is 25.3 Å². The second-order valence-electron chi connectivity index (χ2n) is 9.47. The molecule has 1 heterocycles. The van der Waals surface area contributed by atoms with Gasteiger partial charge >= 0.3 is 5.97 Å². The fraction of sp³-hybridized carbons (Fsp3) is 0.429. The summed E-state index contributed by atoms with van der Waals surface area (Å²) in [4.78, 5) is 17.0. The SMILES string of the molecule is CC[C@@H](C(=O)OC)[C@H]1CC(C)(C)c2cc(OCCc3nc(-c4ccccc4)oc3C)ccc21. The maximum atomic E-state index is 12.4. The summed E-state index contributed by atoms with van der Waals surface area (Å²) in [5.74, 6) is 2.25. The fourth-order valence-corrected chi connectivity index (χ4v) is 5.06. The normalized spacial score (nSPS) is 17.4. The second kappa shape index (κ2) is 9.42. The number of fused-ring (bicyclic) bond motifs is 1. The molecule has 0 aliphatic heterocycles. The molecule has 2 aromatic carbocycles. The Labute approximate surface area is 196 Å². The van der Waals surface area contributed by atoms with Crippen LogP contribution < -0.4 is 4.74 Å². The number of aryl methyl sites for hydroxylation is 1. The summed E-state index contributed by atoms with van der Waals surface area (Å²) in [6, 6.07) is 16.2. The van der Waals surface area contributed by atoms with E-state index in [9.17, 15) is 4.79 Å². The van der Waals surface area contributed by atoms with Crippen LogP contribution in [0.3, 0.4) is 0 Å². The number of methoxy groups -OCH3 is 1. The number of esters is 1. The zero-order valence-electron chi connectivity index (χ0n) is 20.2. The van der Waals surface area contributed by atoms with E-state index in [2.05, 4.69) is 37.9 Å². The minimum Gasteiger partial charge on any atom is -0.493 e. The van der Waals surface area contributed by atoms with Crippen molar-refractivity contribution in [3.8, 4) is 17.2 Å². The van der Waals surface area contributed by atoms with Crippen LogP contribution in [-0.4, -0.2) is 24.7 Å². The zero-order valence-corrected chi connectivity index (χ0v) is 20.2. The van der Waals surface area contributed by atoms with E-state index in [4.69, 9.17) is 13.9 Å². The highest BCUT2D eigenvalue weighted by atomic mass is 16.5. The van der Waals surface area contributed by atoms with Gasteiger partial charge in [0, 0.05) is 12.0 Å². The van der Waals surface area contributed by atoms with Crippen LogP contribution in [0.1, 0.15) is 62.1 Å². The van der Waals surface area contributed by atoms with Gasteiger partial charge in [-0.2, -0.15) is 0 Å². The quantitative estimate of drug-likeness (QED) is 0.383. The molecule has 0 saturated heterocycles. The molecule has 1 aromatic heterocycles. The maximum Gasteiger partial charge on any atom is 0.309 e. The number of aromatic nitrogens is 1. The van der Waals surface area contributed by atoms with Gasteiger partial charge in [-0.3, -0.25) is 4.79 Å². The van der Waals surface area contributed by atoms with Crippen molar-refractivity contribution >= 4 is 5.97 Å². The molecule has 0 fully saturated rings. The van der Waals surface area contributed by atoms with E-state index in [-0.39, 0.29) is 23.2 Å². The number of rotatable bonds is 8. The average Bonchev–Trinajstić information content (AvgIpc) is 3.31. The second-order valence-corrected chi connectivity index (χ2v) is 9.47. The van der Waals surface area contributed by atoms with Gasteiger partial charge in [-0.15, -0.1) is 0 Å². The first-order valence-electron chi connectivity index (χ1n) is 11.7. The standard InChI is InChI=1S/C28H33NO4/c1-6-21(27(30)31-5)23-17-28(3,4)24-16-20(12-13-22(23)24)32-15-14-25-18(2)33-26(29-25)19-10-8-7-9-11-19/h7-13,16,21,23H,6,14-15,17H2,1-5H3/t21-,23-/m1/s1. The van der Waals surface area contributed by atoms with Crippen molar-refractivity contribution in [2.24, 2.45) is 5.92 Å². The molecule has 33 heavy (non-hydrogen) atoms. The molecule has 2 atom stereocenters. The minimum absolute atomic E-state index is 0.0197. The van der Waals surface area contributed by atoms with Crippen LogP contribution in [0.25, 0.3) is 11.5 Å². The van der Waals surface area contributed by atoms with Crippen LogP contribution in [0.15, 0.2) is 52.9 Å². The number of benzene rings is 2. The Morgan fingerprint density at radius 1 is 1.21 bits per heavy atom. The van der Waals surface area contributed by atoms with Crippen molar-refractivity contribution in [1.82, 2.24) is 4.98 Å². The lowest BCUT2D eigenvalue weighted by atomic mass is 9.82. The van der Waals surface area contributed by atoms with Crippen LogP contribution in [0.2, 0.25) is 0 Å². The largest absolute Gasteiger partial charge is 0.493 e. The molecule has 0 bridgehead atoms. The summed E-state index contributed by atoms with van der Waals surface area (Å²) in [6.07, 6.45) is 2.37. The topological polar surface area (TPSA) is 61.6 Å². The molecule has 0 radical (unpaired) electrons. The van der Waals surface area contributed by atoms with Gasteiger partial charge in [0.25, 0.3) is 0 Å². The molecule has 0 spiro atoms. The molecule has 174 valence electrons. The van der Waals surface area contributed by atoms with E-state index < -0.39 is 0 Å². The Bertz CT molecular complexity index is 1120. The smallest absolute Gasteiger partial charge is 0.309 e. The van der Waals surface area contributed by atoms with Gasteiger partial charge < -0.3 is 13.9 Å². The average molecular weight is 448 g/mol. The highest BCUT2D eigenvalue weighted by Gasteiger charge is 2.42. The number of ether oxygens (including phenoxy) is 2. The molecule has 0 saturated carbocycles. The molecule has 4 rings (SSSR count). The van der Waals surface area contributed by atoms with Crippen molar-refractivity contribution in [2.45, 2.75) is 58.3 Å². The van der Waals surface area contributed by atoms with Gasteiger partial charge in [-0.05, 0) is 66.5 Å². The summed E-state index contributed by atoms with van der Waals surface area (Å²) in [7, 11) is 1.47. The van der Waals surface area contributed by atoms with Crippen molar-refractivity contribution in [1.29, 1.82) is 0 Å². The van der Waals surface area contributed by atoms with Crippen LogP contribution in [0, 0.1) is 12.8 Å². The third-order valence-corrected chi connectivity index (χ3v) is 6.83. The molecule has 5 nitrogen and oxygen atoms in total. The molecule has 0 unspecified atom stereocenters. The van der Waals surface area contributed by atoms with Gasteiger partial charge in [-0.1, -0.05) is 45.0 Å². The Balaban J connectivity index is 1.46. The number of hydrogen-bond donors (Lipinski definition) is 0. The Morgan fingerprint density at radius 2 is 1.97 bits per heavy atom. The van der Waals surface area contributed by atoms with E-state index in [1.165, 1.54) is 18.2 Å². The molecule has 0 amide bonds. The van der Waals surface area contributed by atoms with E-state index >= 15 is 0 Å². The third kappa shape index (κ3) is 4.68.